The smallest absolute Gasteiger partial charge is 0.270 e. The summed E-state index contributed by atoms with van der Waals surface area (Å²) >= 11 is 5.83. The minimum Gasteiger partial charge on any atom is -0.377 e. The maximum atomic E-state index is 12.3. The largest absolute Gasteiger partial charge is 0.377 e. The van der Waals surface area contributed by atoms with Gasteiger partial charge in [0.1, 0.15) is 4.90 Å². The van der Waals surface area contributed by atoms with E-state index in [9.17, 15) is 18.5 Å². The predicted octanol–water partition coefficient (Wildman–Crippen LogP) is 1.70. The van der Waals surface area contributed by atoms with Crippen LogP contribution in [0.15, 0.2) is 23.1 Å². The maximum Gasteiger partial charge on any atom is 0.270 e. The molecule has 9 heteroatoms. The fourth-order valence-corrected chi connectivity index (χ4v) is 3.82. The first-order chi connectivity index (χ1) is 9.31. The van der Waals surface area contributed by atoms with Gasteiger partial charge in [-0.3, -0.25) is 10.1 Å². The Balaban J connectivity index is 2.33. The van der Waals surface area contributed by atoms with Crippen LogP contribution >= 0.6 is 11.6 Å². The molecule has 0 aliphatic carbocycles. The Hall–Kier alpha value is -1.22. The number of nitro benzene ring substituents is 1. The third-order valence-corrected chi connectivity index (χ3v) is 5.07. The number of hydrogen-bond acceptors (Lipinski definition) is 5. The van der Waals surface area contributed by atoms with Crippen LogP contribution < -0.4 is 4.72 Å². The molecule has 7 nitrogen and oxygen atoms in total. The first-order valence-corrected chi connectivity index (χ1v) is 7.75. The Kier molecular flexibility index (Phi) is 4.28. The van der Waals surface area contributed by atoms with Gasteiger partial charge in [-0.05, 0) is 19.4 Å². The first-order valence-electron chi connectivity index (χ1n) is 5.89. The highest BCUT2D eigenvalue weighted by Gasteiger charge is 2.31. The van der Waals surface area contributed by atoms with E-state index < -0.39 is 14.9 Å². The minimum absolute atomic E-state index is 0.0605. The number of nitro groups is 1. The summed E-state index contributed by atoms with van der Waals surface area (Å²) in [6, 6.07) is 2.94. The van der Waals surface area contributed by atoms with Gasteiger partial charge < -0.3 is 4.74 Å². The fourth-order valence-electron chi connectivity index (χ4n) is 1.96. The number of ether oxygens (including phenoxy) is 1. The number of hydrogen-bond donors (Lipinski definition) is 1. The van der Waals surface area contributed by atoms with Gasteiger partial charge in [-0.25, -0.2) is 13.1 Å². The SMILES string of the molecule is CC1OCCC1NS(=O)(=O)c1cc([N+](=O)[O-])ccc1Cl. The normalized spacial score (nSPS) is 22.9. The molecule has 0 bridgehead atoms. The summed E-state index contributed by atoms with van der Waals surface area (Å²) in [4.78, 5) is 9.75. The fraction of sp³-hybridized carbons (Fsp3) is 0.455. The molecule has 1 aromatic carbocycles. The van der Waals surface area contributed by atoms with Crippen LogP contribution in [0.1, 0.15) is 13.3 Å². The molecule has 1 saturated heterocycles. The lowest BCUT2D eigenvalue weighted by Crippen LogP contribution is -2.39. The van der Waals surface area contributed by atoms with Crippen molar-refractivity contribution in [2.24, 2.45) is 0 Å². The van der Waals surface area contributed by atoms with Crippen LogP contribution in [0.4, 0.5) is 5.69 Å². The van der Waals surface area contributed by atoms with Crippen LogP contribution in [0.3, 0.4) is 0 Å². The number of nitrogens with zero attached hydrogens (tertiary/aromatic N) is 1. The predicted molar refractivity (Wildman–Crippen MR) is 72.2 cm³/mol. The van der Waals surface area contributed by atoms with Crippen LogP contribution in [0.2, 0.25) is 5.02 Å². The van der Waals surface area contributed by atoms with Crippen molar-refractivity contribution < 1.29 is 18.1 Å². The van der Waals surface area contributed by atoms with Crippen molar-refractivity contribution in [1.29, 1.82) is 0 Å². The van der Waals surface area contributed by atoms with Gasteiger partial charge in [0.15, 0.2) is 0 Å². The number of benzene rings is 1. The summed E-state index contributed by atoms with van der Waals surface area (Å²) in [7, 11) is -3.93. The molecular formula is C11H13ClN2O5S. The Morgan fingerprint density at radius 2 is 2.20 bits per heavy atom. The molecule has 20 heavy (non-hydrogen) atoms. The van der Waals surface area contributed by atoms with Crippen molar-refractivity contribution in [2.75, 3.05) is 6.61 Å². The molecule has 0 amide bonds. The minimum atomic E-state index is -3.93. The molecule has 1 aromatic rings. The molecule has 2 unspecified atom stereocenters. The van der Waals surface area contributed by atoms with Gasteiger partial charge in [0, 0.05) is 18.7 Å². The molecular weight excluding hydrogens is 308 g/mol. The molecule has 110 valence electrons. The topological polar surface area (TPSA) is 98.5 Å². The van der Waals surface area contributed by atoms with Gasteiger partial charge >= 0.3 is 0 Å². The summed E-state index contributed by atoms with van der Waals surface area (Å²) in [5, 5.41) is 10.7. The lowest BCUT2D eigenvalue weighted by atomic mass is 10.2. The Morgan fingerprint density at radius 3 is 2.75 bits per heavy atom. The summed E-state index contributed by atoms with van der Waals surface area (Å²) in [6.45, 7) is 2.23. The molecule has 0 aromatic heterocycles. The maximum absolute atomic E-state index is 12.3. The molecule has 1 heterocycles. The van der Waals surface area contributed by atoms with E-state index in [4.69, 9.17) is 16.3 Å². The summed E-state index contributed by atoms with van der Waals surface area (Å²) in [5.41, 5.74) is -0.328. The third-order valence-electron chi connectivity index (χ3n) is 3.10. The first kappa shape index (κ1) is 15.2. The van der Waals surface area contributed by atoms with Crippen LogP contribution in [-0.2, 0) is 14.8 Å². The van der Waals surface area contributed by atoms with Gasteiger partial charge in [0.05, 0.1) is 22.1 Å². The molecule has 0 radical (unpaired) electrons. The van der Waals surface area contributed by atoms with E-state index >= 15 is 0 Å². The van der Waals surface area contributed by atoms with Gasteiger partial charge in [-0.15, -0.1) is 0 Å². The Bertz CT molecular complexity index is 634. The number of sulfonamides is 1. The summed E-state index contributed by atoms with van der Waals surface area (Å²) in [5.74, 6) is 0. The van der Waals surface area contributed by atoms with Crippen molar-refractivity contribution in [3.8, 4) is 0 Å². The standard InChI is InChI=1S/C11H13ClN2O5S/c1-7-10(4-5-19-7)13-20(17,18)11-6-8(14(15)16)2-3-9(11)12/h2-3,6-7,10,13H,4-5H2,1H3. The van der Waals surface area contributed by atoms with E-state index in [0.29, 0.717) is 13.0 Å². The lowest BCUT2D eigenvalue weighted by Gasteiger charge is -2.16. The van der Waals surface area contributed by atoms with Crippen LogP contribution in [-0.4, -0.2) is 32.1 Å². The Morgan fingerprint density at radius 1 is 1.50 bits per heavy atom. The van der Waals surface area contributed by atoms with E-state index in [0.717, 1.165) is 12.1 Å². The zero-order valence-corrected chi connectivity index (χ0v) is 12.1. The van der Waals surface area contributed by atoms with Crippen LogP contribution in [0, 0.1) is 10.1 Å². The third kappa shape index (κ3) is 3.09. The number of nitrogens with one attached hydrogen (secondary N) is 1. The summed E-state index contributed by atoms with van der Waals surface area (Å²) in [6.07, 6.45) is 0.301. The second kappa shape index (κ2) is 5.65. The van der Waals surface area contributed by atoms with E-state index in [1.165, 1.54) is 6.07 Å². The lowest BCUT2D eigenvalue weighted by molar-refractivity contribution is -0.385. The zero-order chi connectivity index (χ0) is 14.9. The van der Waals surface area contributed by atoms with Crippen LogP contribution in [0.25, 0.3) is 0 Å². The molecule has 1 N–H and O–H groups in total. The van der Waals surface area contributed by atoms with Crippen molar-refractivity contribution in [3.63, 3.8) is 0 Å². The van der Waals surface area contributed by atoms with Crippen molar-refractivity contribution >= 4 is 27.3 Å². The zero-order valence-electron chi connectivity index (χ0n) is 10.6. The second-order valence-corrected chi connectivity index (χ2v) is 6.55. The van der Waals surface area contributed by atoms with E-state index in [-0.39, 0.29) is 27.8 Å². The van der Waals surface area contributed by atoms with Crippen molar-refractivity contribution in [3.05, 3.63) is 33.3 Å². The quantitative estimate of drug-likeness (QED) is 0.672. The van der Waals surface area contributed by atoms with E-state index in [2.05, 4.69) is 4.72 Å². The monoisotopic (exact) mass is 320 g/mol. The highest BCUT2D eigenvalue weighted by Crippen LogP contribution is 2.27. The number of rotatable bonds is 4. The molecule has 0 spiro atoms. The molecule has 1 fully saturated rings. The van der Waals surface area contributed by atoms with Gasteiger partial charge in [-0.1, -0.05) is 11.6 Å². The van der Waals surface area contributed by atoms with Crippen LogP contribution in [0.5, 0.6) is 0 Å². The van der Waals surface area contributed by atoms with Crippen molar-refractivity contribution in [2.45, 2.75) is 30.4 Å². The molecule has 2 rings (SSSR count). The number of non-ortho nitro benzene ring substituents is 1. The summed E-state index contributed by atoms with van der Waals surface area (Å²) < 4.78 is 32.3. The Labute approximate surface area is 121 Å². The van der Waals surface area contributed by atoms with Crippen molar-refractivity contribution in [1.82, 2.24) is 4.72 Å². The molecule has 1 aliphatic rings. The van der Waals surface area contributed by atoms with E-state index in [1.807, 2.05) is 0 Å². The molecule has 2 atom stereocenters. The highest BCUT2D eigenvalue weighted by molar-refractivity contribution is 7.89. The van der Waals surface area contributed by atoms with Gasteiger partial charge in [-0.2, -0.15) is 0 Å². The highest BCUT2D eigenvalue weighted by atomic mass is 35.5. The average Bonchev–Trinajstić information content (AvgIpc) is 2.74. The number of halogens is 1. The average molecular weight is 321 g/mol. The molecule has 1 aliphatic heterocycles. The molecule has 0 saturated carbocycles. The second-order valence-electron chi connectivity index (χ2n) is 4.46. The van der Waals surface area contributed by atoms with Gasteiger partial charge in [0.2, 0.25) is 10.0 Å². The van der Waals surface area contributed by atoms with E-state index in [1.54, 1.807) is 6.92 Å². The van der Waals surface area contributed by atoms with Gasteiger partial charge in [0.25, 0.3) is 5.69 Å².